The molecule has 1 aliphatic rings. The predicted molar refractivity (Wildman–Crippen MR) is 91.2 cm³/mol. The van der Waals surface area contributed by atoms with E-state index in [4.69, 9.17) is 0 Å². The summed E-state index contributed by atoms with van der Waals surface area (Å²) < 4.78 is 37.8. The SMILES string of the molecule is CC(SCC(F)(F)F)=C1c2ccccc2N(C)c2ccccc21. The van der Waals surface area contributed by atoms with Gasteiger partial charge in [-0.25, -0.2) is 0 Å². The molecule has 1 nitrogen and oxygen atoms in total. The van der Waals surface area contributed by atoms with Crippen LogP contribution < -0.4 is 4.90 Å². The molecule has 23 heavy (non-hydrogen) atoms. The first kappa shape index (κ1) is 16.0. The summed E-state index contributed by atoms with van der Waals surface area (Å²) >= 11 is 0.854. The Morgan fingerprint density at radius 1 is 0.957 bits per heavy atom. The number of nitrogens with zero attached hydrogens (tertiary/aromatic N) is 1. The molecule has 0 bridgehead atoms. The molecule has 0 amide bonds. The molecule has 3 rings (SSSR count). The standard InChI is InChI=1S/C18H16F3NS/c1-12(23-11-18(19,20)21)17-13-7-3-5-9-15(13)22(2)16-10-6-4-8-14(16)17/h3-10H,11H2,1-2H3. The van der Waals surface area contributed by atoms with Gasteiger partial charge in [0.05, 0.1) is 5.75 Å². The van der Waals surface area contributed by atoms with Gasteiger partial charge in [0.25, 0.3) is 0 Å². The summed E-state index contributed by atoms with van der Waals surface area (Å²) in [5.41, 5.74) is 4.85. The molecule has 0 atom stereocenters. The third-order valence-electron chi connectivity index (χ3n) is 3.87. The fourth-order valence-electron chi connectivity index (χ4n) is 2.87. The van der Waals surface area contributed by atoms with Crippen molar-refractivity contribution < 1.29 is 13.2 Å². The largest absolute Gasteiger partial charge is 0.398 e. The first-order valence-electron chi connectivity index (χ1n) is 7.21. The maximum absolute atomic E-state index is 12.6. The summed E-state index contributed by atoms with van der Waals surface area (Å²) in [6.45, 7) is 1.77. The predicted octanol–water partition coefficient (Wildman–Crippen LogP) is 5.84. The smallest absolute Gasteiger partial charge is 0.344 e. The molecule has 0 saturated carbocycles. The number of allylic oxidation sites excluding steroid dienone is 1. The number of rotatable bonds is 2. The summed E-state index contributed by atoms with van der Waals surface area (Å²) in [5.74, 6) is -0.873. The number of fused-ring (bicyclic) bond motifs is 2. The van der Waals surface area contributed by atoms with Crippen molar-refractivity contribution >= 4 is 28.7 Å². The molecule has 5 heteroatoms. The quantitative estimate of drug-likeness (QED) is 0.678. The Kier molecular flexibility index (Phi) is 4.15. The van der Waals surface area contributed by atoms with E-state index in [2.05, 4.69) is 4.90 Å². The lowest BCUT2D eigenvalue weighted by Crippen LogP contribution is -2.18. The second-order valence-electron chi connectivity index (χ2n) is 5.43. The molecule has 2 aromatic rings. The maximum Gasteiger partial charge on any atom is 0.398 e. The summed E-state index contributed by atoms with van der Waals surface area (Å²) in [7, 11) is 1.98. The lowest BCUT2D eigenvalue weighted by atomic mass is 9.90. The van der Waals surface area contributed by atoms with Crippen LogP contribution >= 0.6 is 11.8 Å². The van der Waals surface area contributed by atoms with Crippen molar-refractivity contribution in [3.8, 4) is 0 Å². The van der Waals surface area contributed by atoms with Crippen molar-refractivity contribution in [3.63, 3.8) is 0 Å². The van der Waals surface area contributed by atoms with Crippen LogP contribution in [0.5, 0.6) is 0 Å². The topological polar surface area (TPSA) is 3.24 Å². The third-order valence-corrected chi connectivity index (χ3v) is 4.98. The van der Waals surface area contributed by atoms with E-state index >= 15 is 0 Å². The maximum atomic E-state index is 12.6. The number of thioether (sulfide) groups is 1. The zero-order valence-electron chi connectivity index (χ0n) is 12.8. The van der Waals surface area contributed by atoms with Crippen LogP contribution in [0.25, 0.3) is 5.57 Å². The van der Waals surface area contributed by atoms with E-state index in [-0.39, 0.29) is 0 Å². The van der Waals surface area contributed by atoms with Crippen molar-refractivity contribution in [1.82, 2.24) is 0 Å². The second-order valence-corrected chi connectivity index (χ2v) is 6.62. The molecule has 0 aliphatic carbocycles. The Bertz CT molecular complexity index is 715. The van der Waals surface area contributed by atoms with E-state index < -0.39 is 11.9 Å². The highest BCUT2D eigenvalue weighted by Gasteiger charge is 2.29. The van der Waals surface area contributed by atoms with Gasteiger partial charge in [0.2, 0.25) is 0 Å². The fourth-order valence-corrected chi connectivity index (χ4v) is 3.62. The minimum Gasteiger partial charge on any atom is -0.344 e. The fraction of sp³-hybridized carbons (Fsp3) is 0.222. The van der Waals surface area contributed by atoms with Crippen LogP contribution in [-0.4, -0.2) is 19.0 Å². The molecule has 0 aromatic heterocycles. The van der Waals surface area contributed by atoms with E-state index in [0.29, 0.717) is 4.91 Å². The minimum atomic E-state index is -4.17. The van der Waals surface area contributed by atoms with E-state index in [0.717, 1.165) is 39.8 Å². The Hall–Kier alpha value is -1.88. The van der Waals surface area contributed by atoms with Gasteiger partial charge in [-0.05, 0) is 24.0 Å². The summed E-state index contributed by atoms with van der Waals surface area (Å²) in [5, 5.41) is 0. The van der Waals surface area contributed by atoms with Crippen LogP contribution in [0.2, 0.25) is 0 Å². The summed E-state index contributed by atoms with van der Waals surface area (Å²) in [6.07, 6.45) is -4.17. The highest BCUT2D eigenvalue weighted by atomic mass is 32.2. The summed E-state index contributed by atoms with van der Waals surface area (Å²) in [6, 6.07) is 15.6. The van der Waals surface area contributed by atoms with Crippen molar-refractivity contribution in [2.24, 2.45) is 0 Å². The molecule has 0 fully saturated rings. The lowest BCUT2D eigenvalue weighted by Gasteiger charge is -2.32. The van der Waals surface area contributed by atoms with Gasteiger partial charge >= 0.3 is 6.18 Å². The Labute approximate surface area is 137 Å². The van der Waals surface area contributed by atoms with E-state index in [1.165, 1.54) is 0 Å². The van der Waals surface area contributed by atoms with Crippen LogP contribution in [0, 0.1) is 0 Å². The Morgan fingerprint density at radius 2 is 1.43 bits per heavy atom. The first-order chi connectivity index (χ1) is 10.9. The van der Waals surface area contributed by atoms with Crippen LogP contribution in [0.1, 0.15) is 18.1 Å². The zero-order valence-corrected chi connectivity index (χ0v) is 13.6. The third kappa shape index (κ3) is 3.11. The zero-order chi connectivity index (χ0) is 16.6. The molecule has 0 saturated heterocycles. The molecule has 120 valence electrons. The van der Waals surface area contributed by atoms with E-state index in [1.54, 1.807) is 6.92 Å². The normalized spacial score (nSPS) is 13.6. The number of anilines is 2. The number of halogens is 3. The van der Waals surface area contributed by atoms with Crippen LogP contribution in [0.4, 0.5) is 24.5 Å². The lowest BCUT2D eigenvalue weighted by molar-refractivity contribution is -0.105. The van der Waals surface area contributed by atoms with Crippen molar-refractivity contribution in [1.29, 1.82) is 0 Å². The van der Waals surface area contributed by atoms with Gasteiger partial charge in [0.1, 0.15) is 0 Å². The first-order valence-corrected chi connectivity index (χ1v) is 8.20. The highest BCUT2D eigenvalue weighted by molar-refractivity contribution is 8.03. The van der Waals surface area contributed by atoms with Gasteiger partial charge in [0.15, 0.2) is 0 Å². The average Bonchev–Trinajstić information content (AvgIpc) is 2.53. The molecule has 2 aromatic carbocycles. The molecule has 1 heterocycles. The van der Waals surface area contributed by atoms with Crippen LogP contribution in [0.3, 0.4) is 0 Å². The van der Waals surface area contributed by atoms with Gasteiger partial charge in [-0.1, -0.05) is 36.4 Å². The van der Waals surface area contributed by atoms with Crippen molar-refractivity contribution in [3.05, 3.63) is 64.6 Å². The van der Waals surface area contributed by atoms with E-state index in [9.17, 15) is 13.2 Å². The Morgan fingerprint density at radius 3 is 1.91 bits per heavy atom. The number of benzene rings is 2. The summed E-state index contributed by atoms with van der Waals surface area (Å²) in [4.78, 5) is 2.77. The molecule has 0 spiro atoms. The molecule has 0 radical (unpaired) electrons. The second kappa shape index (κ2) is 5.96. The van der Waals surface area contributed by atoms with Gasteiger partial charge < -0.3 is 4.90 Å². The molecule has 1 aliphatic heterocycles. The van der Waals surface area contributed by atoms with Gasteiger partial charge in [-0.3, -0.25) is 0 Å². The van der Waals surface area contributed by atoms with Crippen LogP contribution in [0.15, 0.2) is 53.4 Å². The number of para-hydroxylation sites is 2. The molecular formula is C18H16F3NS. The van der Waals surface area contributed by atoms with E-state index in [1.807, 2.05) is 55.6 Å². The van der Waals surface area contributed by atoms with Crippen molar-refractivity contribution in [2.45, 2.75) is 13.1 Å². The molecular weight excluding hydrogens is 319 g/mol. The van der Waals surface area contributed by atoms with Gasteiger partial charge in [-0.15, -0.1) is 11.8 Å². The monoisotopic (exact) mass is 335 g/mol. The highest BCUT2D eigenvalue weighted by Crippen LogP contribution is 2.47. The van der Waals surface area contributed by atoms with Crippen LogP contribution in [-0.2, 0) is 0 Å². The van der Waals surface area contributed by atoms with Crippen molar-refractivity contribution in [2.75, 3.05) is 17.7 Å². The Balaban J connectivity index is 2.15. The number of hydrogen-bond donors (Lipinski definition) is 0. The van der Waals surface area contributed by atoms with Gasteiger partial charge in [0, 0.05) is 35.1 Å². The average molecular weight is 335 g/mol. The molecule has 0 unspecified atom stereocenters. The molecule has 0 N–H and O–H groups in total. The van der Waals surface area contributed by atoms with Gasteiger partial charge in [-0.2, -0.15) is 13.2 Å². The number of alkyl halides is 3. The minimum absolute atomic E-state index is 0.690. The number of hydrogen-bond acceptors (Lipinski definition) is 2.